The number of carbonyl (C=O) groups is 1. The molecule has 2 N–H and O–H groups in total. The summed E-state index contributed by atoms with van der Waals surface area (Å²) in [5, 5.41) is 17.0. The molecule has 0 radical (unpaired) electrons. The van der Waals surface area contributed by atoms with E-state index in [-0.39, 0.29) is 18.2 Å². The molecule has 1 saturated carbocycles. The Hall–Kier alpha value is -3.26. The third kappa shape index (κ3) is 4.52. The third-order valence-corrected chi connectivity index (χ3v) is 4.81. The first-order valence-corrected chi connectivity index (χ1v) is 9.34. The number of anilines is 1. The van der Waals surface area contributed by atoms with Crippen LogP contribution in [-0.4, -0.2) is 38.4 Å². The van der Waals surface area contributed by atoms with Gasteiger partial charge in [0.2, 0.25) is 0 Å². The molecule has 1 aromatic heterocycles. The molecule has 0 unspecified atom stereocenters. The maximum Gasteiger partial charge on any atom is 0.319 e. The van der Waals surface area contributed by atoms with Gasteiger partial charge in [0.25, 0.3) is 0 Å². The van der Waals surface area contributed by atoms with E-state index in [0.717, 1.165) is 30.5 Å². The molecule has 28 heavy (non-hydrogen) atoms. The van der Waals surface area contributed by atoms with Crippen molar-refractivity contribution in [1.82, 2.24) is 25.5 Å². The number of nitrogens with zero attached hydrogens (tertiary/aromatic N) is 4. The van der Waals surface area contributed by atoms with Crippen LogP contribution in [0.2, 0.25) is 0 Å². The van der Waals surface area contributed by atoms with E-state index in [1.165, 1.54) is 6.33 Å². The number of nitrogens with one attached hydrogen (secondary N) is 2. The molecule has 1 aliphatic rings. The number of carbonyl (C=O) groups excluding carboxylic acids is 1. The van der Waals surface area contributed by atoms with Gasteiger partial charge in [-0.05, 0) is 59.5 Å². The molecule has 0 spiro atoms. The molecule has 2 amide bonds. The Labute approximate surface area is 162 Å². The number of hydrogen-bond donors (Lipinski definition) is 2. The Bertz CT molecular complexity index is 883. The summed E-state index contributed by atoms with van der Waals surface area (Å²) in [5.74, 6) is 0. The summed E-state index contributed by atoms with van der Waals surface area (Å²) >= 11 is 0. The van der Waals surface area contributed by atoms with Gasteiger partial charge in [0.05, 0.1) is 24.4 Å². The molecule has 8 nitrogen and oxygen atoms in total. The zero-order valence-electron chi connectivity index (χ0n) is 15.4. The van der Waals surface area contributed by atoms with Crippen molar-refractivity contribution in [3.8, 4) is 5.69 Å². The molecular weight excluding hydrogens is 356 g/mol. The molecule has 0 saturated heterocycles. The number of aromatic nitrogens is 4. The molecule has 3 aromatic rings. The largest absolute Gasteiger partial charge is 0.371 e. The monoisotopic (exact) mass is 378 g/mol. The molecule has 2 aromatic carbocycles. The van der Waals surface area contributed by atoms with Crippen molar-refractivity contribution in [3.63, 3.8) is 0 Å². The Kier molecular flexibility index (Phi) is 5.58. The zero-order chi connectivity index (χ0) is 19.2. The van der Waals surface area contributed by atoms with Crippen LogP contribution in [0.3, 0.4) is 0 Å². The Balaban J connectivity index is 1.29. The van der Waals surface area contributed by atoms with Gasteiger partial charge in [-0.2, -0.15) is 0 Å². The first kappa shape index (κ1) is 18.1. The smallest absolute Gasteiger partial charge is 0.319 e. The Morgan fingerprint density at radius 3 is 2.68 bits per heavy atom. The van der Waals surface area contributed by atoms with Crippen LogP contribution in [-0.2, 0) is 11.3 Å². The summed E-state index contributed by atoms with van der Waals surface area (Å²) < 4.78 is 7.60. The van der Waals surface area contributed by atoms with Crippen LogP contribution in [0.15, 0.2) is 60.9 Å². The molecule has 8 heteroatoms. The predicted molar refractivity (Wildman–Crippen MR) is 104 cm³/mol. The van der Waals surface area contributed by atoms with Gasteiger partial charge in [0, 0.05) is 5.69 Å². The highest BCUT2D eigenvalue weighted by molar-refractivity contribution is 5.89. The van der Waals surface area contributed by atoms with Crippen molar-refractivity contribution in [2.45, 2.75) is 38.0 Å². The second-order valence-corrected chi connectivity index (χ2v) is 6.77. The SMILES string of the molecule is O=C(Nc1ccc(-n2cnnn2)cc1)N[C@@H]1CCC[C@H]1OCc1ccccc1. The Morgan fingerprint density at radius 1 is 1.11 bits per heavy atom. The second-order valence-electron chi connectivity index (χ2n) is 6.77. The van der Waals surface area contributed by atoms with Gasteiger partial charge in [-0.1, -0.05) is 30.3 Å². The lowest BCUT2D eigenvalue weighted by atomic mass is 10.2. The highest BCUT2D eigenvalue weighted by Crippen LogP contribution is 2.23. The minimum atomic E-state index is -0.226. The van der Waals surface area contributed by atoms with Gasteiger partial charge >= 0.3 is 6.03 Å². The van der Waals surface area contributed by atoms with Gasteiger partial charge in [0.15, 0.2) is 0 Å². The van der Waals surface area contributed by atoms with Gasteiger partial charge in [-0.15, -0.1) is 5.10 Å². The van der Waals surface area contributed by atoms with Crippen LogP contribution in [0.1, 0.15) is 24.8 Å². The minimum absolute atomic E-state index is 0.0178. The number of tetrazole rings is 1. The van der Waals surface area contributed by atoms with Gasteiger partial charge in [-0.25, -0.2) is 9.48 Å². The molecule has 4 rings (SSSR count). The molecule has 144 valence electrons. The van der Waals surface area contributed by atoms with Gasteiger partial charge < -0.3 is 15.4 Å². The predicted octanol–water partition coefficient (Wildman–Crippen LogP) is 2.92. The van der Waals surface area contributed by atoms with Crippen molar-refractivity contribution < 1.29 is 9.53 Å². The van der Waals surface area contributed by atoms with E-state index in [1.807, 2.05) is 54.6 Å². The van der Waals surface area contributed by atoms with E-state index in [9.17, 15) is 4.79 Å². The summed E-state index contributed by atoms with van der Waals surface area (Å²) in [7, 11) is 0. The Morgan fingerprint density at radius 2 is 1.93 bits per heavy atom. The lowest BCUT2D eigenvalue weighted by Gasteiger charge is -2.22. The third-order valence-electron chi connectivity index (χ3n) is 4.81. The second kappa shape index (κ2) is 8.62. The summed E-state index contributed by atoms with van der Waals surface area (Å²) in [4.78, 5) is 12.4. The zero-order valence-corrected chi connectivity index (χ0v) is 15.4. The van der Waals surface area contributed by atoms with Crippen LogP contribution >= 0.6 is 0 Å². The fourth-order valence-corrected chi connectivity index (χ4v) is 3.38. The quantitative estimate of drug-likeness (QED) is 0.688. The van der Waals surface area contributed by atoms with Crippen molar-refractivity contribution in [3.05, 3.63) is 66.5 Å². The van der Waals surface area contributed by atoms with Gasteiger partial charge in [0.1, 0.15) is 6.33 Å². The van der Waals surface area contributed by atoms with E-state index in [0.29, 0.717) is 12.3 Å². The van der Waals surface area contributed by atoms with Gasteiger partial charge in [-0.3, -0.25) is 0 Å². The van der Waals surface area contributed by atoms with Crippen molar-refractivity contribution in [2.75, 3.05) is 5.32 Å². The van der Waals surface area contributed by atoms with Crippen LogP contribution in [0, 0.1) is 0 Å². The maximum absolute atomic E-state index is 12.4. The summed E-state index contributed by atoms with van der Waals surface area (Å²) in [6.07, 6.45) is 4.48. The summed E-state index contributed by atoms with van der Waals surface area (Å²) in [6.45, 7) is 0.559. The van der Waals surface area contributed by atoms with E-state index in [1.54, 1.807) is 4.68 Å². The summed E-state index contributed by atoms with van der Waals surface area (Å²) in [5.41, 5.74) is 2.66. The normalized spacial score (nSPS) is 18.7. The summed E-state index contributed by atoms with van der Waals surface area (Å²) in [6, 6.07) is 17.2. The number of amides is 2. The first-order valence-electron chi connectivity index (χ1n) is 9.34. The van der Waals surface area contributed by atoms with Crippen LogP contribution in [0.5, 0.6) is 0 Å². The van der Waals surface area contributed by atoms with E-state index in [2.05, 4.69) is 26.2 Å². The average molecular weight is 378 g/mol. The molecular formula is C20H22N6O2. The topological polar surface area (TPSA) is 94.0 Å². The van der Waals surface area contributed by atoms with E-state index in [4.69, 9.17) is 4.74 Å². The number of rotatable bonds is 6. The van der Waals surface area contributed by atoms with Crippen molar-refractivity contribution in [2.24, 2.45) is 0 Å². The van der Waals surface area contributed by atoms with Crippen LogP contribution < -0.4 is 10.6 Å². The highest BCUT2D eigenvalue weighted by Gasteiger charge is 2.29. The first-order chi connectivity index (χ1) is 13.8. The molecule has 1 heterocycles. The number of benzene rings is 2. The fourth-order valence-electron chi connectivity index (χ4n) is 3.38. The molecule has 0 aliphatic heterocycles. The minimum Gasteiger partial charge on any atom is -0.371 e. The lowest BCUT2D eigenvalue weighted by Crippen LogP contribution is -2.43. The fraction of sp³-hybridized carbons (Fsp3) is 0.300. The standard InChI is InChI=1S/C20H22N6O2/c27-20(22-16-9-11-17(12-10-16)26-14-21-24-25-26)23-18-7-4-8-19(18)28-13-15-5-2-1-3-6-15/h1-3,5-6,9-12,14,18-19H,4,7-8,13H2,(H2,22,23,27)/t18-,19-/m1/s1. The lowest BCUT2D eigenvalue weighted by molar-refractivity contribution is 0.0305. The van der Waals surface area contributed by atoms with Crippen LogP contribution in [0.25, 0.3) is 5.69 Å². The maximum atomic E-state index is 12.4. The number of ether oxygens (including phenoxy) is 1. The molecule has 1 aliphatic carbocycles. The average Bonchev–Trinajstić information content (AvgIpc) is 3.40. The highest BCUT2D eigenvalue weighted by atomic mass is 16.5. The van der Waals surface area contributed by atoms with Crippen LogP contribution in [0.4, 0.5) is 10.5 Å². The molecule has 0 bridgehead atoms. The molecule has 2 atom stereocenters. The molecule has 1 fully saturated rings. The van der Waals surface area contributed by atoms with Crippen molar-refractivity contribution in [1.29, 1.82) is 0 Å². The van der Waals surface area contributed by atoms with E-state index < -0.39 is 0 Å². The number of hydrogen-bond acceptors (Lipinski definition) is 5. The van der Waals surface area contributed by atoms with E-state index >= 15 is 0 Å². The number of urea groups is 1. The van der Waals surface area contributed by atoms with Crippen molar-refractivity contribution >= 4 is 11.7 Å².